The van der Waals surface area contributed by atoms with Gasteiger partial charge in [-0.1, -0.05) is 78.9 Å². The summed E-state index contributed by atoms with van der Waals surface area (Å²) in [5.41, 5.74) is 3.31. The van der Waals surface area contributed by atoms with E-state index in [1.165, 1.54) is 0 Å². The first-order chi connectivity index (χ1) is 14.2. The molecule has 0 fully saturated rings. The zero-order valence-corrected chi connectivity index (χ0v) is 16.2. The molecule has 0 atom stereocenters. The van der Waals surface area contributed by atoms with Crippen LogP contribution in [-0.2, 0) is 16.1 Å². The summed E-state index contributed by atoms with van der Waals surface area (Å²) in [6, 6.07) is 23.9. The van der Waals surface area contributed by atoms with Crippen molar-refractivity contribution >= 4 is 24.1 Å². The molecule has 0 N–H and O–H groups in total. The molecule has 146 valence electrons. The van der Waals surface area contributed by atoms with Gasteiger partial charge < -0.3 is 9.47 Å². The number of rotatable bonds is 7. The SMILES string of the molecule is CCOC(=O)c1ccccc1C=Cc1ccccc1C(=O)OCc1ccccc1. The van der Waals surface area contributed by atoms with Crippen molar-refractivity contribution in [2.45, 2.75) is 13.5 Å². The second-order valence-corrected chi connectivity index (χ2v) is 6.29. The van der Waals surface area contributed by atoms with E-state index < -0.39 is 5.97 Å². The van der Waals surface area contributed by atoms with Gasteiger partial charge in [0.25, 0.3) is 0 Å². The highest BCUT2D eigenvalue weighted by Gasteiger charge is 2.12. The first kappa shape index (κ1) is 20.1. The van der Waals surface area contributed by atoms with Crippen molar-refractivity contribution < 1.29 is 19.1 Å². The predicted octanol–water partition coefficient (Wildman–Crippen LogP) is 5.39. The lowest BCUT2D eigenvalue weighted by atomic mass is 10.0. The van der Waals surface area contributed by atoms with Crippen LogP contribution in [0.15, 0.2) is 78.9 Å². The highest BCUT2D eigenvalue weighted by atomic mass is 16.5. The van der Waals surface area contributed by atoms with Gasteiger partial charge in [0.2, 0.25) is 0 Å². The van der Waals surface area contributed by atoms with Gasteiger partial charge in [0.15, 0.2) is 0 Å². The van der Waals surface area contributed by atoms with E-state index in [9.17, 15) is 9.59 Å². The van der Waals surface area contributed by atoms with Crippen LogP contribution in [0.4, 0.5) is 0 Å². The van der Waals surface area contributed by atoms with Crippen LogP contribution in [0, 0.1) is 0 Å². The van der Waals surface area contributed by atoms with E-state index >= 15 is 0 Å². The number of esters is 2. The van der Waals surface area contributed by atoms with Crippen molar-refractivity contribution in [1.29, 1.82) is 0 Å². The Morgan fingerprint density at radius 3 is 1.72 bits per heavy atom. The standard InChI is InChI=1S/C25H22O4/c1-2-28-24(26)22-14-8-6-12-20(22)16-17-21-13-7-9-15-23(21)25(27)29-18-19-10-4-3-5-11-19/h3-17H,2,18H2,1H3. The van der Waals surface area contributed by atoms with Gasteiger partial charge in [0.1, 0.15) is 6.61 Å². The summed E-state index contributed by atoms with van der Waals surface area (Å²) < 4.78 is 10.6. The van der Waals surface area contributed by atoms with Crippen LogP contribution in [0.2, 0.25) is 0 Å². The van der Waals surface area contributed by atoms with Gasteiger partial charge in [-0.25, -0.2) is 9.59 Å². The molecule has 0 amide bonds. The monoisotopic (exact) mass is 386 g/mol. The number of ether oxygens (including phenoxy) is 2. The molecule has 4 heteroatoms. The minimum atomic E-state index is -0.396. The molecule has 4 nitrogen and oxygen atoms in total. The van der Waals surface area contributed by atoms with Gasteiger partial charge in [0.05, 0.1) is 17.7 Å². The van der Waals surface area contributed by atoms with E-state index in [1.54, 1.807) is 43.3 Å². The highest BCUT2D eigenvalue weighted by Crippen LogP contribution is 2.18. The fraction of sp³-hybridized carbons (Fsp3) is 0.120. The predicted molar refractivity (Wildman–Crippen MR) is 113 cm³/mol. The number of hydrogen-bond donors (Lipinski definition) is 0. The molecule has 0 aliphatic rings. The number of carbonyl (C=O) groups is 2. The summed E-state index contributed by atoms with van der Waals surface area (Å²) in [7, 11) is 0. The lowest BCUT2D eigenvalue weighted by Crippen LogP contribution is -2.07. The maximum absolute atomic E-state index is 12.6. The van der Waals surface area contributed by atoms with E-state index in [0.29, 0.717) is 23.3 Å². The second-order valence-electron chi connectivity index (χ2n) is 6.29. The Balaban J connectivity index is 1.79. The summed E-state index contributed by atoms with van der Waals surface area (Å²) in [6.07, 6.45) is 3.60. The van der Waals surface area contributed by atoms with Gasteiger partial charge in [-0.15, -0.1) is 0 Å². The Bertz CT molecular complexity index is 1010. The second kappa shape index (κ2) is 10.0. The molecule has 0 unspecified atom stereocenters. The van der Waals surface area contributed by atoms with Gasteiger partial charge >= 0.3 is 11.9 Å². The van der Waals surface area contributed by atoms with Crippen LogP contribution in [0.5, 0.6) is 0 Å². The van der Waals surface area contributed by atoms with Crippen LogP contribution >= 0.6 is 0 Å². The quantitative estimate of drug-likeness (QED) is 0.403. The Morgan fingerprint density at radius 1 is 0.690 bits per heavy atom. The number of benzene rings is 3. The van der Waals surface area contributed by atoms with Gasteiger partial charge in [-0.05, 0) is 35.7 Å². The van der Waals surface area contributed by atoms with Crippen molar-refractivity contribution in [1.82, 2.24) is 0 Å². The lowest BCUT2D eigenvalue weighted by molar-refractivity contribution is 0.0471. The first-order valence-electron chi connectivity index (χ1n) is 9.43. The Hall–Kier alpha value is -3.66. The zero-order chi connectivity index (χ0) is 20.5. The highest BCUT2D eigenvalue weighted by molar-refractivity contribution is 5.97. The van der Waals surface area contributed by atoms with Crippen LogP contribution in [0.25, 0.3) is 12.2 Å². The molecule has 0 saturated carbocycles. The number of carbonyl (C=O) groups excluding carboxylic acids is 2. The third-order valence-corrected chi connectivity index (χ3v) is 4.29. The lowest BCUT2D eigenvalue weighted by Gasteiger charge is -2.08. The third kappa shape index (κ3) is 5.42. The van der Waals surface area contributed by atoms with Crippen molar-refractivity contribution in [3.63, 3.8) is 0 Å². The molecule has 29 heavy (non-hydrogen) atoms. The molecule has 3 rings (SSSR count). The van der Waals surface area contributed by atoms with Gasteiger partial charge in [0, 0.05) is 0 Å². The topological polar surface area (TPSA) is 52.6 Å². The molecule has 3 aromatic rings. The van der Waals surface area contributed by atoms with Crippen LogP contribution in [-0.4, -0.2) is 18.5 Å². The minimum absolute atomic E-state index is 0.212. The Morgan fingerprint density at radius 2 is 1.17 bits per heavy atom. The normalized spacial score (nSPS) is 10.7. The van der Waals surface area contributed by atoms with E-state index in [1.807, 2.05) is 54.6 Å². The molecular formula is C25H22O4. The molecule has 3 aromatic carbocycles. The van der Waals surface area contributed by atoms with E-state index in [4.69, 9.17) is 9.47 Å². The molecule has 0 aliphatic carbocycles. The smallest absolute Gasteiger partial charge is 0.339 e. The van der Waals surface area contributed by atoms with Gasteiger partial charge in [-0.2, -0.15) is 0 Å². The average Bonchev–Trinajstić information content (AvgIpc) is 2.77. The van der Waals surface area contributed by atoms with Crippen molar-refractivity contribution in [2.24, 2.45) is 0 Å². The van der Waals surface area contributed by atoms with E-state index in [2.05, 4.69) is 0 Å². The first-order valence-corrected chi connectivity index (χ1v) is 9.43. The van der Waals surface area contributed by atoms with Crippen molar-refractivity contribution in [2.75, 3.05) is 6.61 Å². The fourth-order valence-electron chi connectivity index (χ4n) is 2.85. The van der Waals surface area contributed by atoms with Crippen molar-refractivity contribution in [3.05, 3.63) is 107 Å². The zero-order valence-electron chi connectivity index (χ0n) is 16.2. The number of hydrogen-bond acceptors (Lipinski definition) is 4. The molecular weight excluding hydrogens is 364 g/mol. The Labute approximate surface area is 170 Å². The molecule has 0 heterocycles. The molecule has 0 spiro atoms. The molecule has 0 radical (unpaired) electrons. The Kier molecular flexibility index (Phi) is 6.95. The van der Waals surface area contributed by atoms with Gasteiger partial charge in [-0.3, -0.25) is 0 Å². The molecule has 0 saturated heterocycles. The summed E-state index contributed by atoms with van der Waals surface area (Å²) in [5.74, 6) is -0.768. The molecule has 0 aromatic heterocycles. The van der Waals surface area contributed by atoms with Crippen LogP contribution in [0.3, 0.4) is 0 Å². The maximum atomic E-state index is 12.6. The molecule has 0 aliphatic heterocycles. The van der Waals surface area contributed by atoms with Crippen LogP contribution < -0.4 is 0 Å². The van der Waals surface area contributed by atoms with Crippen molar-refractivity contribution in [3.8, 4) is 0 Å². The minimum Gasteiger partial charge on any atom is -0.462 e. The summed E-state index contributed by atoms with van der Waals surface area (Å²) in [5, 5.41) is 0. The van der Waals surface area contributed by atoms with E-state index in [0.717, 1.165) is 11.1 Å². The average molecular weight is 386 g/mol. The van der Waals surface area contributed by atoms with E-state index in [-0.39, 0.29) is 12.6 Å². The largest absolute Gasteiger partial charge is 0.462 e. The maximum Gasteiger partial charge on any atom is 0.339 e. The summed E-state index contributed by atoms with van der Waals surface area (Å²) >= 11 is 0. The molecule has 0 bridgehead atoms. The van der Waals surface area contributed by atoms with Crippen LogP contribution in [0.1, 0.15) is 44.3 Å². The summed E-state index contributed by atoms with van der Waals surface area (Å²) in [4.78, 5) is 24.7. The fourth-order valence-corrected chi connectivity index (χ4v) is 2.85. The third-order valence-electron chi connectivity index (χ3n) is 4.29. The summed E-state index contributed by atoms with van der Waals surface area (Å²) in [6.45, 7) is 2.30.